The van der Waals surface area contributed by atoms with Crippen LogP contribution in [0.5, 0.6) is 0 Å². The molecule has 1 amide bonds. The van der Waals surface area contributed by atoms with E-state index < -0.39 is 0 Å². The van der Waals surface area contributed by atoms with Crippen molar-refractivity contribution < 1.29 is 4.79 Å². The number of hydrogen-bond donors (Lipinski definition) is 1. The number of halogens is 1. The third-order valence-electron chi connectivity index (χ3n) is 3.75. The maximum absolute atomic E-state index is 12.2. The fourth-order valence-corrected chi connectivity index (χ4v) is 3.50. The van der Waals surface area contributed by atoms with Crippen molar-refractivity contribution in [2.75, 3.05) is 11.1 Å². The Hall–Kier alpha value is -2.19. The van der Waals surface area contributed by atoms with E-state index in [1.165, 1.54) is 11.8 Å². The minimum Gasteiger partial charge on any atom is -0.310 e. The molecule has 1 N–H and O–H groups in total. The average Bonchev–Trinajstić information content (AvgIpc) is 3.05. The lowest BCUT2D eigenvalue weighted by atomic mass is 10.1. The summed E-state index contributed by atoms with van der Waals surface area (Å²) in [7, 11) is 0. The van der Waals surface area contributed by atoms with Crippen molar-refractivity contribution in [3.05, 3.63) is 52.6 Å². The monoisotopic (exact) mass is 431 g/mol. The highest BCUT2D eigenvalue weighted by Crippen LogP contribution is 2.26. The van der Waals surface area contributed by atoms with Crippen LogP contribution in [0.15, 0.2) is 52.2 Å². The van der Waals surface area contributed by atoms with Crippen LogP contribution in [0.4, 0.5) is 5.82 Å². The van der Waals surface area contributed by atoms with Gasteiger partial charge in [-0.25, -0.2) is 4.98 Å². The number of thioether (sulfide) groups is 1. The number of amides is 1. The van der Waals surface area contributed by atoms with E-state index in [1.807, 2.05) is 35.8 Å². The molecule has 1 aromatic carbocycles. The number of benzene rings is 1. The SMILES string of the molecule is CCn1c(SCC(=O)Nc2ccc(Br)cn2)nnc1-c1ccccc1C. The fraction of sp³-hybridized carbons (Fsp3) is 0.222. The minimum atomic E-state index is -0.132. The van der Waals surface area contributed by atoms with E-state index in [9.17, 15) is 4.79 Å². The smallest absolute Gasteiger partial charge is 0.236 e. The molecule has 3 aromatic rings. The highest BCUT2D eigenvalue weighted by atomic mass is 79.9. The minimum absolute atomic E-state index is 0.132. The second kappa shape index (κ2) is 8.46. The predicted molar refractivity (Wildman–Crippen MR) is 107 cm³/mol. The molecule has 2 aromatic heterocycles. The summed E-state index contributed by atoms with van der Waals surface area (Å²) in [6.07, 6.45) is 1.64. The maximum atomic E-state index is 12.2. The fourth-order valence-electron chi connectivity index (χ4n) is 2.46. The van der Waals surface area contributed by atoms with Gasteiger partial charge in [0.05, 0.1) is 5.75 Å². The zero-order chi connectivity index (χ0) is 18.5. The number of aromatic nitrogens is 4. The molecule has 6 nitrogen and oxygen atoms in total. The van der Waals surface area contributed by atoms with Crippen LogP contribution in [-0.4, -0.2) is 31.4 Å². The summed E-state index contributed by atoms with van der Waals surface area (Å²) in [6.45, 7) is 4.82. The van der Waals surface area contributed by atoms with Crippen molar-refractivity contribution >= 4 is 39.4 Å². The first-order chi connectivity index (χ1) is 12.6. The first kappa shape index (κ1) is 18.6. The van der Waals surface area contributed by atoms with Crippen molar-refractivity contribution in [2.45, 2.75) is 25.5 Å². The van der Waals surface area contributed by atoms with Crippen LogP contribution < -0.4 is 5.32 Å². The van der Waals surface area contributed by atoms with Gasteiger partial charge in [0.1, 0.15) is 5.82 Å². The molecule has 0 saturated carbocycles. The van der Waals surface area contributed by atoms with E-state index in [0.29, 0.717) is 5.82 Å². The molecule has 134 valence electrons. The Kier molecular flexibility index (Phi) is 6.05. The summed E-state index contributed by atoms with van der Waals surface area (Å²) < 4.78 is 2.89. The molecule has 0 radical (unpaired) electrons. The second-order valence-electron chi connectivity index (χ2n) is 5.56. The summed E-state index contributed by atoms with van der Waals surface area (Å²) in [5, 5.41) is 12.1. The lowest BCUT2D eigenvalue weighted by Gasteiger charge is -2.09. The van der Waals surface area contributed by atoms with Crippen LogP contribution >= 0.6 is 27.7 Å². The Labute approximate surface area is 164 Å². The molecule has 0 fully saturated rings. The van der Waals surface area contributed by atoms with E-state index >= 15 is 0 Å². The molecule has 8 heteroatoms. The Morgan fingerprint density at radius 3 is 2.73 bits per heavy atom. The molecule has 0 spiro atoms. The number of carbonyl (C=O) groups is 1. The summed E-state index contributed by atoms with van der Waals surface area (Å²) in [4.78, 5) is 16.3. The van der Waals surface area contributed by atoms with Crippen molar-refractivity contribution in [3.63, 3.8) is 0 Å². The number of pyridine rings is 1. The molecule has 26 heavy (non-hydrogen) atoms. The predicted octanol–water partition coefficient (Wildman–Crippen LogP) is 4.16. The molecule has 0 aliphatic heterocycles. The van der Waals surface area contributed by atoms with Gasteiger partial charge in [0, 0.05) is 22.8 Å². The zero-order valence-corrected chi connectivity index (χ0v) is 16.8. The average molecular weight is 432 g/mol. The normalized spacial score (nSPS) is 10.7. The standard InChI is InChI=1S/C18H18BrN5OS/c1-3-24-17(14-7-5-4-6-12(14)2)22-23-18(24)26-11-16(25)21-15-9-8-13(19)10-20-15/h4-10H,3,11H2,1-2H3,(H,20,21,25). The highest BCUT2D eigenvalue weighted by molar-refractivity contribution is 9.10. The summed E-state index contributed by atoms with van der Waals surface area (Å²) >= 11 is 4.68. The van der Waals surface area contributed by atoms with E-state index in [2.05, 4.69) is 49.4 Å². The number of rotatable bonds is 6. The first-order valence-electron chi connectivity index (χ1n) is 8.12. The molecule has 0 atom stereocenters. The van der Waals surface area contributed by atoms with Crippen molar-refractivity contribution in [2.24, 2.45) is 0 Å². The topological polar surface area (TPSA) is 72.7 Å². The van der Waals surface area contributed by atoms with E-state index in [0.717, 1.165) is 33.1 Å². The van der Waals surface area contributed by atoms with Gasteiger partial charge < -0.3 is 9.88 Å². The van der Waals surface area contributed by atoms with Gasteiger partial charge in [-0.1, -0.05) is 36.0 Å². The first-order valence-corrected chi connectivity index (χ1v) is 9.89. The van der Waals surface area contributed by atoms with Gasteiger partial charge in [-0.3, -0.25) is 4.79 Å². The van der Waals surface area contributed by atoms with Crippen molar-refractivity contribution in [3.8, 4) is 11.4 Å². The third-order valence-corrected chi connectivity index (χ3v) is 5.18. The molecule has 0 saturated heterocycles. The van der Waals surface area contributed by atoms with E-state index in [-0.39, 0.29) is 11.7 Å². The van der Waals surface area contributed by atoms with Gasteiger partial charge in [0.25, 0.3) is 0 Å². The third kappa shape index (κ3) is 4.31. The Morgan fingerprint density at radius 2 is 2.04 bits per heavy atom. The highest BCUT2D eigenvalue weighted by Gasteiger charge is 2.15. The molecular weight excluding hydrogens is 414 g/mol. The van der Waals surface area contributed by atoms with Gasteiger partial charge >= 0.3 is 0 Å². The molecule has 3 rings (SSSR count). The van der Waals surface area contributed by atoms with Crippen molar-refractivity contribution in [1.82, 2.24) is 19.7 Å². The van der Waals surface area contributed by atoms with Crippen molar-refractivity contribution in [1.29, 1.82) is 0 Å². The molecule has 0 aliphatic rings. The molecule has 2 heterocycles. The van der Waals surface area contributed by atoms with E-state index in [1.54, 1.807) is 12.3 Å². The molecule has 0 unspecified atom stereocenters. The van der Waals surface area contributed by atoms with Gasteiger partial charge in [-0.15, -0.1) is 10.2 Å². The van der Waals surface area contributed by atoms with Gasteiger partial charge in [0.15, 0.2) is 11.0 Å². The van der Waals surface area contributed by atoms with Crippen LogP contribution in [0.2, 0.25) is 0 Å². The largest absolute Gasteiger partial charge is 0.310 e. The zero-order valence-electron chi connectivity index (χ0n) is 14.4. The van der Waals surface area contributed by atoms with Crippen LogP contribution in [-0.2, 0) is 11.3 Å². The number of nitrogens with one attached hydrogen (secondary N) is 1. The summed E-state index contributed by atoms with van der Waals surface area (Å²) in [6, 6.07) is 11.7. The Morgan fingerprint density at radius 1 is 1.23 bits per heavy atom. The molecule has 0 aliphatic carbocycles. The van der Waals surface area contributed by atoms with Gasteiger partial charge in [0.2, 0.25) is 5.91 Å². The number of hydrogen-bond acceptors (Lipinski definition) is 5. The van der Waals surface area contributed by atoms with Gasteiger partial charge in [-0.2, -0.15) is 0 Å². The van der Waals surface area contributed by atoms with Crippen LogP contribution in [0.3, 0.4) is 0 Å². The Bertz CT molecular complexity index is 910. The number of nitrogens with zero attached hydrogens (tertiary/aromatic N) is 4. The lowest BCUT2D eigenvalue weighted by Crippen LogP contribution is -2.15. The second-order valence-corrected chi connectivity index (χ2v) is 7.42. The number of anilines is 1. The number of aryl methyl sites for hydroxylation is 1. The van der Waals surface area contributed by atoms with E-state index in [4.69, 9.17) is 0 Å². The van der Waals surface area contributed by atoms with Crippen LogP contribution in [0, 0.1) is 6.92 Å². The summed E-state index contributed by atoms with van der Waals surface area (Å²) in [5.41, 5.74) is 2.20. The Balaban J connectivity index is 1.69. The molecular formula is C18H18BrN5OS. The maximum Gasteiger partial charge on any atom is 0.236 e. The molecule has 0 bridgehead atoms. The lowest BCUT2D eigenvalue weighted by molar-refractivity contribution is -0.113. The number of carbonyl (C=O) groups excluding carboxylic acids is 1. The van der Waals surface area contributed by atoms with Crippen LogP contribution in [0.1, 0.15) is 12.5 Å². The van der Waals surface area contributed by atoms with Gasteiger partial charge in [-0.05, 0) is 47.5 Å². The quantitative estimate of drug-likeness (QED) is 0.593. The van der Waals surface area contributed by atoms with Crippen LogP contribution in [0.25, 0.3) is 11.4 Å². The summed E-state index contributed by atoms with van der Waals surface area (Å²) in [5.74, 6) is 1.45.